The molecule has 78 valence electrons. The quantitative estimate of drug-likeness (QED) is 0.737. The third-order valence-corrected chi connectivity index (χ3v) is 3.84. The predicted octanol–water partition coefficient (Wildman–Crippen LogP) is 1.97. The van der Waals surface area contributed by atoms with Gasteiger partial charge < -0.3 is 0 Å². The number of thioether (sulfide) groups is 1. The molecule has 0 aromatic heterocycles. The lowest BCUT2D eigenvalue weighted by Gasteiger charge is -2.27. The predicted molar refractivity (Wildman–Crippen MR) is 60.9 cm³/mol. The molecule has 1 aliphatic heterocycles. The maximum Gasteiger partial charge on any atom is 0.0538 e. The van der Waals surface area contributed by atoms with Crippen LogP contribution >= 0.6 is 11.8 Å². The summed E-state index contributed by atoms with van der Waals surface area (Å²) >= 11 is 1.92. The van der Waals surface area contributed by atoms with Crippen LogP contribution in [0.3, 0.4) is 0 Å². The third kappa shape index (κ3) is 2.86. The highest BCUT2D eigenvalue weighted by molar-refractivity contribution is 7.99. The van der Waals surface area contributed by atoms with Crippen molar-refractivity contribution >= 4 is 11.8 Å². The van der Waals surface area contributed by atoms with E-state index in [0.29, 0.717) is 16.8 Å². The molecular weight excluding hydrogens is 180 g/mol. The Bertz CT molecular complexity index is 165. The lowest BCUT2D eigenvalue weighted by Crippen LogP contribution is -2.37. The van der Waals surface area contributed by atoms with E-state index in [1.807, 2.05) is 11.8 Å². The van der Waals surface area contributed by atoms with Crippen molar-refractivity contribution in [3.63, 3.8) is 0 Å². The van der Waals surface area contributed by atoms with Crippen LogP contribution in [0, 0.1) is 5.41 Å². The standard InChI is InChI=1S/C10H22N2S/c1-8(13-5)12-6-9(11-7-12)10(2,3)4/h8-9,11H,6-7H2,1-5H3. The van der Waals surface area contributed by atoms with Crippen molar-refractivity contribution in [2.45, 2.75) is 39.1 Å². The van der Waals surface area contributed by atoms with Crippen LogP contribution in [0.5, 0.6) is 0 Å². The minimum atomic E-state index is 0.382. The molecule has 2 atom stereocenters. The molecule has 0 bridgehead atoms. The number of rotatable bonds is 2. The van der Waals surface area contributed by atoms with Gasteiger partial charge in [-0.15, -0.1) is 11.8 Å². The maximum absolute atomic E-state index is 3.57. The Morgan fingerprint density at radius 1 is 1.46 bits per heavy atom. The molecule has 0 aromatic carbocycles. The molecule has 1 rings (SSSR count). The smallest absolute Gasteiger partial charge is 0.0538 e. The highest BCUT2D eigenvalue weighted by atomic mass is 32.2. The van der Waals surface area contributed by atoms with Gasteiger partial charge >= 0.3 is 0 Å². The molecule has 1 saturated heterocycles. The van der Waals surface area contributed by atoms with E-state index in [4.69, 9.17) is 0 Å². The molecule has 0 aliphatic carbocycles. The van der Waals surface area contributed by atoms with Crippen LogP contribution in [0.1, 0.15) is 27.7 Å². The Labute approximate surface area is 86.5 Å². The number of hydrogen-bond donors (Lipinski definition) is 1. The summed E-state index contributed by atoms with van der Waals surface area (Å²) in [5.74, 6) is 0. The normalized spacial score (nSPS) is 27.9. The molecule has 1 aliphatic rings. The van der Waals surface area contributed by atoms with Gasteiger partial charge in [0.1, 0.15) is 0 Å². The van der Waals surface area contributed by atoms with Gasteiger partial charge in [0, 0.05) is 19.3 Å². The molecule has 1 N–H and O–H groups in total. The molecule has 3 heteroatoms. The molecule has 13 heavy (non-hydrogen) atoms. The molecule has 0 aromatic rings. The van der Waals surface area contributed by atoms with Crippen molar-refractivity contribution in [3.05, 3.63) is 0 Å². The van der Waals surface area contributed by atoms with Gasteiger partial charge in [-0.05, 0) is 18.6 Å². The van der Waals surface area contributed by atoms with Gasteiger partial charge in [-0.2, -0.15) is 0 Å². The van der Waals surface area contributed by atoms with Gasteiger partial charge in [-0.25, -0.2) is 0 Å². The van der Waals surface area contributed by atoms with Crippen molar-refractivity contribution in [2.75, 3.05) is 19.5 Å². The van der Waals surface area contributed by atoms with E-state index in [0.717, 1.165) is 6.67 Å². The molecule has 0 saturated carbocycles. The maximum atomic E-state index is 3.57. The Morgan fingerprint density at radius 3 is 2.46 bits per heavy atom. The SMILES string of the molecule is CSC(C)N1CNC(C(C)(C)C)C1. The fourth-order valence-corrected chi connectivity index (χ4v) is 2.06. The van der Waals surface area contributed by atoms with Crippen molar-refractivity contribution < 1.29 is 0 Å². The first-order valence-electron chi connectivity index (χ1n) is 4.95. The summed E-state index contributed by atoms with van der Waals surface area (Å²) in [4.78, 5) is 2.50. The third-order valence-electron chi connectivity index (χ3n) is 2.86. The van der Waals surface area contributed by atoms with Gasteiger partial charge in [0.25, 0.3) is 0 Å². The summed E-state index contributed by atoms with van der Waals surface area (Å²) in [6.07, 6.45) is 2.18. The van der Waals surface area contributed by atoms with E-state index < -0.39 is 0 Å². The topological polar surface area (TPSA) is 15.3 Å². The van der Waals surface area contributed by atoms with Gasteiger partial charge in [0.05, 0.1) is 5.37 Å². The highest BCUT2D eigenvalue weighted by Crippen LogP contribution is 2.25. The zero-order chi connectivity index (χ0) is 10.1. The van der Waals surface area contributed by atoms with Crippen molar-refractivity contribution in [1.29, 1.82) is 0 Å². The Hall–Kier alpha value is 0.270. The van der Waals surface area contributed by atoms with Crippen molar-refractivity contribution in [3.8, 4) is 0 Å². The molecule has 2 nitrogen and oxygen atoms in total. The molecular formula is C10H22N2S. The number of nitrogens with zero attached hydrogens (tertiary/aromatic N) is 1. The average Bonchev–Trinajstić information content (AvgIpc) is 2.50. The fraction of sp³-hybridized carbons (Fsp3) is 1.00. The van der Waals surface area contributed by atoms with Gasteiger partial charge in [0.15, 0.2) is 0 Å². The lowest BCUT2D eigenvalue weighted by molar-refractivity contribution is 0.275. The zero-order valence-electron chi connectivity index (χ0n) is 9.42. The van der Waals surface area contributed by atoms with E-state index in [-0.39, 0.29) is 0 Å². The fourth-order valence-electron chi connectivity index (χ4n) is 1.60. The summed E-state index contributed by atoms with van der Waals surface area (Å²) in [7, 11) is 0. The lowest BCUT2D eigenvalue weighted by atomic mass is 9.87. The van der Waals surface area contributed by atoms with E-state index in [9.17, 15) is 0 Å². The van der Waals surface area contributed by atoms with Gasteiger partial charge in [-0.1, -0.05) is 20.8 Å². The largest absolute Gasteiger partial charge is 0.300 e. The second-order valence-electron chi connectivity index (χ2n) is 4.89. The summed E-state index contributed by atoms with van der Waals surface area (Å²) in [6.45, 7) is 11.4. The van der Waals surface area contributed by atoms with Crippen molar-refractivity contribution in [2.24, 2.45) is 5.41 Å². The average molecular weight is 202 g/mol. The zero-order valence-corrected chi connectivity index (χ0v) is 10.2. The Kier molecular flexibility index (Phi) is 3.66. The minimum absolute atomic E-state index is 0.382. The second kappa shape index (κ2) is 4.20. The van der Waals surface area contributed by atoms with Crippen LogP contribution in [0.25, 0.3) is 0 Å². The first-order chi connectivity index (χ1) is 5.95. The van der Waals surface area contributed by atoms with Crippen LogP contribution in [-0.4, -0.2) is 35.8 Å². The summed E-state index contributed by atoms with van der Waals surface area (Å²) in [5, 5.41) is 4.21. The van der Waals surface area contributed by atoms with E-state index in [1.165, 1.54) is 6.54 Å². The van der Waals surface area contributed by atoms with E-state index in [1.54, 1.807) is 0 Å². The second-order valence-corrected chi connectivity index (χ2v) is 6.04. The number of nitrogens with one attached hydrogen (secondary N) is 1. The Morgan fingerprint density at radius 2 is 2.08 bits per heavy atom. The summed E-state index contributed by atoms with van der Waals surface area (Å²) in [5.41, 5.74) is 0.382. The molecule has 1 fully saturated rings. The van der Waals surface area contributed by atoms with Crippen LogP contribution in [0.15, 0.2) is 0 Å². The number of hydrogen-bond acceptors (Lipinski definition) is 3. The molecule has 0 amide bonds. The Balaban J connectivity index is 2.45. The van der Waals surface area contributed by atoms with Crippen LogP contribution in [0.4, 0.5) is 0 Å². The van der Waals surface area contributed by atoms with Crippen LogP contribution in [0.2, 0.25) is 0 Å². The first-order valence-corrected chi connectivity index (χ1v) is 6.24. The first kappa shape index (κ1) is 11.3. The minimum Gasteiger partial charge on any atom is -0.300 e. The van der Waals surface area contributed by atoms with Crippen LogP contribution in [-0.2, 0) is 0 Å². The van der Waals surface area contributed by atoms with Gasteiger partial charge in [0.2, 0.25) is 0 Å². The summed E-state index contributed by atoms with van der Waals surface area (Å²) in [6, 6.07) is 0.641. The monoisotopic (exact) mass is 202 g/mol. The van der Waals surface area contributed by atoms with E-state index >= 15 is 0 Å². The molecule has 2 unspecified atom stereocenters. The summed E-state index contributed by atoms with van der Waals surface area (Å²) < 4.78 is 0. The van der Waals surface area contributed by atoms with Crippen LogP contribution < -0.4 is 5.32 Å². The molecule has 0 spiro atoms. The van der Waals surface area contributed by atoms with Crippen molar-refractivity contribution in [1.82, 2.24) is 10.2 Å². The van der Waals surface area contributed by atoms with Gasteiger partial charge in [-0.3, -0.25) is 10.2 Å². The highest BCUT2D eigenvalue weighted by Gasteiger charge is 2.32. The molecule has 0 radical (unpaired) electrons. The molecule has 1 heterocycles. The van der Waals surface area contributed by atoms with E-state index in [2.05, 4.69) is 44.2 Å².